The molecule has 2 aliphatic rings. The molecule has 0 atom stereocenters. The Labute approximate surface area is 154 Å². The van der Waals surface area contributed by atoms with Crippen molar-refractivity contribution < 1.29 is 17.9 Å². The summed E-state index contributed by atoms with van der Waals surface area (Å²) in [4.78, 5) is 0. The lowest BCUT2D eigenvalue weighted by Crippen LogP contribution is -2.50. The Morgan fingerprint density at radius 1 is 1.08 bits per heavy atom. The number of hydrogen-bond acceptors (Lipinski definition) is 1. The molecule has 0 aliphatic carbocycles. The first-order valence-electron chi connectivity index (χ1n) is 7.24. The number of nitrogens with zero attached hydrogens (tertiary/aromatic N) is 2. The number of hydrogen-bond donors (Lipinski definition) is 0. The largest absolute Gasteiger partial charge is 0.738 e. The third kappa shape index (κ3) is 2.02. The van der Waals surface area contributed by atoms with E-state index in [1.54, 1.807) is 31.4 Å². The van der Waals surface area contributed by atoms with E-state index < -0.39 is 6.97 Å². The monoisotopic (exact) mass is 454 g/mol. The normalized spacial score (nSPS) is 18.0. The van der Waals surface area contributed by atoms with Gasteiger partial charge in [0.2, 0.25) is 4.62 Å². The van der Waals surface area contributed by atoms with Crippen LogP contribution in [0.2, 0.25) is 0 Å². The zero-order valence-electron chi connectivity index (χ0n) is 12.5. The number of halogens is 4. The van der Waals surface area contributed by atoms with Crippen molar-refractivity contribution >= 4 is 49.0 Å². The van der Waals surface area contributed by atoms with Gasteiger partial charge < -0.3 is 22.3 Å². The number of fused-ring (bicyclic) bond motifs is 2. The van der Waals surface area contributed by atoms with Crippen LogP contribution in [0.1, 0.15) is 11.3 Å². The van der Waals surface area contributed by atoms with Gasteiger partial charge in [-0.3, -0.25) is 0 Å². The van der Waals surface area contributed by atoms with Crippen molar-refractivity contribution in [3.63, 3.8) is 0 Å². The smallest absolute Gasteiger partial charge is 0.496 e. The van der Waals surface area contributed by atoms with Gasteiger partial charge >= 0.3 is 6.97 Å². The van der Waals surface area contributed by atoms with E-state index >= 15 is 8.63 Å². The van der Waals surface area contributed by atoms with Crippen LogP contribution in [0.4, 0.5) is 8.63 Å². The lowest BCUT2D eigenvalue weighted by atomic mass is 9.86. The van der Waals surface area contributed by atoms with E-state index in [0.29, 0.717) is 31.9 Å². The Hall–Kier alpha value is -1.67. The fraction of sp³-hybridized carbons (Fsp3) is 0.0625. The summed E-state index contributed by atoms with van der Waals surface area (Å²) in [5.74, 6) is 0.637. The molecule has 0 fully saturated rings. The van der Waals surface area contributed by atoms with E-state index in [-0.39, 0.29) is 0 Å². The van der Waals surface area contributed by atoms with Crippen LogP contribution in [0, 0.1) is 0 Å². The van der Waals surface area contributed by atoms with E-state index in [2.05, 4.69) is 31.9 Å². The zero-order chi connectivity index (χ0) is 17.1. The quantitative estimate of drug-likeness (QED) is 0.603. The first kappa shape index (κ1) is 15.8. The highest BCUT2D eigenvalue weighted by Crippen LogP contribution is 2.43. The molecule has 8 heteroatoms. The van der Waals surface area contributed by atoms with Crippen LogP contribution in [0.25, 0.3) is 5.57 Å². The second-order valence-corrected chi connectivity index (χ2v) is 7.11. The Morgan fingerprint density at radius 3 is 2.58 bits per heavy atom. The maximum atomic E-state index is 15.1. The summed E-state index contributed by atoms with van der Waals surface area (Å²) in [5.41, 5.74) is 2.38. The van der Waals surface area contributed by atoms with Gasteiger partial charge in [-0.1, -0.05) is 18.2 Å². The summed E-state index contributed by atoms with van der Waals surface area (Å²) < 4.78 is 38.5. The van der Waals surface area contributed by atoms with E-state index in [0.717, 1.165) is 14.5 Å². The van der Waals surface area contributed by atoms with Gasteiger partial charge in [-0.15, -0.1) is 0 Å². The number of methoxy groups -OCH3 is 1. The lowest BCUT2D eigenvalue weighted by molar-refractivity contribution is -0.358. The Morgan fingerprint density at radius 2 is 1.83 bits per heavy atom. The Kier molecular flexibility index (Phi) is 3.58. The molecule has 0 saturated heterocycles. The molecule has 0 bridgehead atoms. The highest BCUT2D eigenvalue weighted by molar-refractivity contribution is 9.18. The molecule has 122 valence electrons. The Balaban J connectivity index is 2.13. The SMILES string of the molecule is COc1ccccc1C1=C2C=CC(Br)=[N+]2[B-](F)(F)n2c(Br)ccc21. The van der Waals surface area contributed by atoms with Gasteiger partial charge in [0.25, 0.3) is 0 Å². The van der Waals surface area contributed by atoms with Gasteiger partial charge in [-0.2, -0.15) is 0 Å². The van der Waals surface area contributed by atoms with Crippen molar-refractivity contribution in [1.82, 2.24) is 4.48 Å². The summed E-state index contributed by atoms with van der Waals surface area (Å²) in [6.07, 6.45) is 3.34. The molecule has 0 radical (unpaired) electrons. The molecule has 0 unspecified atom stereocenters. The van der Waals surface area contributed by atoms with Crippen molar-refractivity contribution in [2.24, 2.45) is 0 Å². The third-order valence-corrected chi connectivity index (χ3v) is 5.54. The molecule has 2 aromatic rings. The van der Waals surface area contributed by atoms with E-state index in [1.807, 2.05) is 24.3 Å². The fourth-order valence-electron chi connectivity index (χ4n) is 3.26. The van der Waals surface area contributed by atoms with Crippen molar-refractivity contribution in [2.45, 2.75) is 0 Å². The summed E-state index contributed by atoms with van der Waals surface area (Å²) in [5, 5.41) is 0. The topological polar surface area (TPSA) is 17.2 Å². The maximum absolute atomic E-state index is 15.1. The first-order valence-corrected chi connectivity index (χ1v) is 8.82. The van der Waals surface area contributed by atoms with Crippen LogP contribution in [-0.2, 0) is 0 Å². The number of para-hydroxylation sites is 1. The third-order valence-electron chi connectivity index (χ3n) is 4.25. The number of rotatable bonds is 2. The molecule has 1 aromatic carbocycles. The minimum Gasteiger partial charge on any atom is -0.496 e. The highest BCUT2D eigenvalue weighted by atomic mass is 79.9. The lowest BCUT2D eigenvalue weighted by Gasteiger charge is -2.32. The second kappa shape index (κ2) is 5.42. The van der Waals surface area contributed by atoms with Gasteiger partial charge in [0.15, 0.2) is 5.70 Å². The van der Waals surface area contributed by atoms with Crippen LogP contribution in [-0.4, -0.2) is 27.7 Å². The molecule has 3 nitrogen and oxygen atoms in total. The standard InChI is InChI=1S/C16H11BBr2F2N2O/c1-24-13-5-3-2-4-10(13)16-11-6-8-14(18)22(11)17(20,21)23-12(16)7-9-15(23)19/h2-9H,1H3. The molecular formula is C16H11BBr2F2N2O. The Bertz CT molecular complexity index is 963. The molecule has 0 spiro atoms. The van der Waals surface area contributed by atoms with Crippen molar-refractivity contribution in [2.75, 3.05) is 7.11 Å². The van der Waals surface area contributed by atoms with Crippen molar-refractivity contribution in [1.29, 1.82) is 0 Å². The summed E-state index contributed by atoms with van der Waals surface area (Å²) in [6.45, 7) is -4.00. The highest BCUT2D eigenvalue weighted by Gasteiger charge is 2.54. The average Bonchev–Trinajstić information content (AvgIpc) is 3.13. The number of allylic oxidation sites excluding steroid dienone is 2. The summed E-state index contributed by atoms with van der Waals surface area (Å²) in [6, 6.07) is 10.8. The van der Waals surface area contributed by atoms with Crippen LogP contribution in [0.3, 0.4) is 0 Å². The van der Waals surface area contributed by atoms with Crippen molar-refractivity contribution in [3.8, 4) is 5.75 Å². The predicted molar refractivity (Wildman–Crippen MR) is 97.9 cm³/mol. The minimum absolute atomic E-state index is 0.334. The number of aromatic nitrogens is 1. The van der Waals surface area contributed by atoms with Crippen molar-refractivity contribution in [3.05, 3.63) is 70.1 Å². The van der Waals surface area contributed by atoms with E-state index in [9.17, 15) is 0 Å². The van der Waals surface area contributed by atoms with Crippen LogP contribution in [0.15, 0.2) is 58.9 Å². The average molecular weight is 456 g/mol. The van der Waals surface area contributed by atoms with Crippen LogP contribution >= 0.6 is 31.9 Å². The molecule has 3 heterocycles. The maximum Gasteiger partial charge on any atom is 0.738 e. The summed E-state index contributed by atoms with van der Waals surface area (Å²) >= 11 is 6.51. The van der Waals surface area contributed by atoms with Gasteiger partial charge in [0, 0.05) is 39.3 Å². The van der Waals surface area contributed by atoms with Crippen LogP contribution in [0.5, 0.6) is 5.75 Å². The zero-order valence-corrected chi connectivity index (χ0v) is 15.7. The summed E-state index contributed by atoms with van der Waals surface area (Å²) in [7, 11) is 1.57. The van der Waals surface area contributed by atoms with Gasteiger partial charge in [0.1, 0.15) is 5.75 Å². The molecule has 0 amide bonds. The molecule has 4 rings (SSSR count). The van der Waals surface area contributed by atoms with E-state index in [4.69, 9.17) is 4.74 Å². The number of ether oxygens (including phenoxy) is 1. The molecular weight excluding hydrogens is 445 g/mol. The van der Waals surface area contributed by atoms with Gasteiger partial charge in [0.05, 0.1) is 17.3 Å². The number of benzene rings is 1. The van der Waals surface area contributed by atoms with Crippen LogP contribution < -0.4 is 4.74 Å². The van der Waals surface area contributed by atoms with E-state index in [1.165, 1.54) is 0 Å². The minimum atomic E-state index is -4.00. The fourth-order valence-corrected chi connectivity index (χ4v) is 4.40. The molecule has 0 N–H and O–H groups in total. The van der Waals surface area contributed by atoms with Gasteiger partial charge in [-0.05, 0) is 34.1 Å². The molecule has 2 aliphatic heterocycles. The molecule has 1 aromatic heterocycles. The van der Waals surface area contributed by atoms with Gasteiger partial charge in [-0.25, -0.2) is 0 Å². The molecule has 24 heavy (non-hydrogen) atoms. The predicted octanol–water partition coefficient (Wildman–Crippen LogP) is 4.63. The molecule has 0 saturated carbocycles. The second-order valence-electron chi connectivity index (χ2n) is 5.49. The first-order chi connectivity index (χ1) is 11.5.